The highest BCUT2D eigenvalue weighted by atomic mass is 35.5. The predicted molar refractivity (Wildman–Crippen MR) is 137 cm³/mol. The molecule has 0 aromatic heterocycles. The molecule has 1 fully saturated rings. The van der Waals surface area contributed by atoms with Gasteiger partial charge < -0.3 is 4.74 Å². The second-order valence-corrected chi connectivity index (χ2v) is 11.5. The van der Waals surface area contributed by atoms with Gasteiger partial charge in [-0.2, -0.15) is 17.5 Å². The molecule has 11 heteroatoms. The van der Waals surface area contributed by atoms with Gasteiger partial charge >= 0.3 is 6.18 Å². The third-order valence-electron chi connectivity index (χ3n) is 6.18. The molecular formula is C26H25Cl2F3N2O3S. The molecule has 1 aliphatic rings. The van der Waals surface area contributed by atoms with Crippen LogP contribution >= 0.6 is 23.2 Å². The van der Waals surface area contributed by atoms with E-state index in [0.29, 0.717) is 48.3 Å². The summed E-state index contributed by atoms with van der Waals surface area (Å²) in [6, 6.07) is 18.2. The number of benzene rings is 3. The SMILES string of the molecule is O=S(=O)(c1ccc(Cl)cc1)N1CCN(C[C@H](OCc2ccc(C(F)(F)F)cc2)c2ccc(Cl)cc2)CC1. The Morgan fingerprint density at radius 1 is 0.811 bits per heavy atom. The lowest BCUT2D eigenvalue weighted by Crippen LogP contribution is -2.49. The van der Waals surface area contributed by atoms with Gasteiger partial charge in [-0.05, 0) is 59.7 Å². The van der Waals surface area contributed by atoms with E-state index in [0.717, 1.165) is 17.7 Å². The Hall–Kier alpha value is -2.14. The molecule has 1 atom stereocenters. The number of ether oxygens (including phenoxy) is 1. The Balaban J connectivity index is 1.41. The first-order chi connectivity index (χ1) is 17.5. The van der Waals surface area contributed by atoms with Crippen LogP contribution in [0.15, 0.2) is 77.7 Å². The highest BCUT2D eigenvalue weighted by Gasteiger charge is 2.31. The van der Waals surface area contributed by atoms with E-state index in [-0.39, 0.29) is 17.6 Å². The van der Waals surface area contributed by atoms with Crippen molar-refractivity contribution in [3.05, 3.63) is 99.5 Å². The summed E-state index contributed by atoms with van der Waals surface area (Å²) in [7, 11) is -3.63. The molecule has 3 aromatic rings. The number of rotatable bonds is 8. The van der Waals surface area contributed by atoms with Gasteiger partial charge in [-0.3, -0.25) is 4.90 Å². The maximum atomic E-state index is 13.0. The minimum Gasteiger partial charge on any atom is -0.368 e. The number of alkyl halides is 3. The Bertz CT molecular complexity index is 1280. The maximum absolute atomic E-state index is 13.0. The molecule has 1 aliphatic heterocycles. The molecule has 0 spiro atoms. The number of hydrogen-bond donors (Lipinski definition) is 0. The number of sulfonamides is 1. The predicted octanol–water partition coefficient (Wildman–Crippen LogP) is 6.28. The van der Waals surface area contributed by atoms with Crippen molar-refractivity contribution in [1.82, 2.24) is 9.21 Å². The maximum Gasteiger partial charge on any atom is 0.416 e. The van der Waals surface area contributed by atoms with Gasteiger partial charge in [0.15, 0.2) is 0 Å². The molecule has 198 valence electrons. The highest BCUT2D eigenvalue weighted by molar-refractivity contribution is 7.89. The van der Waals surface area contributed by atoms with Crippen molar-refractivity contribution in [1.29, 1.82) is 0 Å². The van der Waals surface area contributed by atoms with Crippen LogP contribution in [0.5, 0.6) is 0 Å². The van der Waals surface area contributed by atoms with Crippen molar-refractivity contribution in [3.8, 4) is 0 Å². The Morgan fingerprint density at radius 2 is 1.35 bits per heavy atom. The Kier molecular flexibility index (Phi) is 8.83. The molecule has 0 unspecified atom stereocenters. The van der Waals surface area contributed by atoms with Gasteiger partial charge in [-0.1, -0.05) is 47.5 Å². The van der Waals surface area contributed by atoms with Gasteiger partial charge in [0.2, 0.25) is 10.0 Å². The summed E-state index contributed by atoms with van der Waals surface area (Å²) in [5, 5.41) is 1.04. The number of piperazine rings is 1. The number of nitrogens with zero attached hydrogens (tertiary/aromatic N) is 2. The highest BCUT2D eigenvalue weighted by Crippen LogP contribution is 2.30. The van der Waals surface area contributed by atoms with Crippen LogP contribution < -0.4 is 0 Å². The molecule has 0 bridgehead atoms. The van der Waals surface area contributed by atoms with Crippen molar-refractivity contribution < 1.29 is 26.3 Å². The molecule has 5 nitrogen and oxygen atoms in total. The lowest BCUT2D eigenvalue weighted by molar-refractivity contribution is -0.137. The molecule has 0 saturated carbocycles. The second kappa shape index (κ2) is 11.7. The van der Waals surface area contributed by atoms with Gasteiger partial charge in [0, 0.05) is 42.8 Å². The lowest BCUT2D eigenvalue weighted by atomic mass is 10.1. The molecule has 37 heavy (non-hydrogen) atoms. The van der Waals surface area contributed by atoms with E-state index in [9.17, 15) is 21.6 Å². The molecule has 1 saturated heterocycles. The minimum atomic E-state index is -4.39. The largest absolute Gasteiger partial charge is 0.416 e. The average molecular weight is 573 g/mol. The van der Waals surface area contributed by atoms with E-state index < -0.39 is 21.8 Å². The zero-order chi connectivity index (χ0) is 26.6. The second-order valence-electron chi connectivity index (χ2n) is 8.70. The summed E-state index contributed by atoms with van der Waals surface area (Å²) in [4.78, 5) is 2.31. The monoisotopic (exact) mass is 572 g/mol. The summed E-state index contributed by atoms with van der Waals surface area (Å²) in [6.07, 6.45) is -4.78. The summed E-state index contributed by atoms with van der Waals surface area (Å²) in [5.74, 6) is 0. The molecule has 0 N–H and O–H groups in total. The van der Waals surface area contributed by atoms with Crippen LogP contribution in [0.3, 0.4) is 0 Å². The Morgan fingerprint density at radius 3 is 1.89 bits per heavy atom. The van der Waals surface area contributed by atoms with Gasteiger partial charge in [-0.25, -0.2) is 8.42 Å². The first-order valence-corrected chi connectivity index (χ1v) is 13.7. The van der Waals surface area contributed by atoms with E-state index >= 15 is 0 Å². The fraction of sp³-hybridized carbons (Fsp3) is 0.308. The van der Waals surface area contributed by atoms with E-state index in [1.165, 1.54) is 28.6 Å². The third-order valence-corrected chi connectivity index (χ3v) is 8.60. The van der Waals surface area contributed by atoms with E-state index in [1.807, 2.05) is 12.1 Å². The van der Waals surface area contributed by atoms with E-state index in [2.05, 4.69) is 4.90 Å². The summed E-state index contributed by atoms with van der Waals surface area (Å²) in [6.45, 7) is 2.24. The van der Waals surface area contributed by atoms with Crippen molar-refractivity contribution in [2.45, 2.75) is 23.8 Å². The van der Waals surface area contributed by atoms with Crippen LogP contribution in [0.4, 0.5) is 13.2 Å². The number of hydrogen-bond acceptors (Lipinski definition) is 4. The molecule has 0 aliphatic carbocycles. The van der Waals surface area contributed by atoms with E-state index in [4.69, 9.17) is 27.9 Å². The molecule has 4 rings (SSSR count). The average Bonchev–Trinajstić information content (AvgIpc) is 2.87. The van der Waals surface area contributed by atoms with Crippen molar-refractivity contribution >= 4 is 33.2 Å². The van der Waals surface area contributed by atoms with Crippen molar-refractivity contribution in [3.63, 3.8) is 0 Å². The minimum absolute atomic E-state index is 0.121. The van der Waals surface area contributed by atoms with E-state index in [1.54, 1.807) is 24.3 Å². The first kappa shape index (κ1) is 27.9. The lowest BCUT2D eigenvalue weighted by Gasteiger charge is -2.36. The fourth-order valence-electron chi connectivity index (χ4n) is 4.06. The zero-order valence-electron chi connectivity index (χ0n) is 19.7. The van der Waals surface area contributed by atoms with Crippen LogP contribution in [0.25, 0.3) is 0 Å². The topological polar surface area (TPSA) is 49.9 Å². The van der Waals surface area contributed by atoms with Gasteiger partial charge in [-0.15, -0.1) is 0 Å². The van der Waals surface area contributed by atoms with Crippen LogP contribution in [-0.2, 0) is 27.5 Å². The fourth-order valence-corrected chi connectivity index (χ4v) is 5.74. The standard InChI is InChI=1S/C26H25Cl2F3N2O3S/c27-22-7-3-20(4-8-22)25(36-18-19-1-5-21(6-2-19)26(29,30)31)17-32-13-15-33(16-14-32)37(34,35)24-11-9-23(28)10-12-24/h1-12,25H,13-18H2/t25-/m0/s1. The molecule has 0 radical (unpaired) electrons. The third kappa shape index (κ3) is 7.25. The number of halogens is 5. The molecular weight excluding hydrogens is 548 g/mol. The summed E-state index contributed by atoms with van der Waals surface area (Å²) in [5.41, 5.74) is 0.773. The van der Waals surface area contributed by atoms with Crippen molar-refractivity contribution in [2.24, 2.45) is 0 Å². The quantitative estimate of drug-likeness (QED) is 0.319. The van der Waals surface area contributed by atoms with Crippen molar-refractivity contribution in [2.75, 3.05) is 32.7 Å². The molecule has 0 amide bonds. The zero-order valence-corrected chi connectivity index (χ0v) is 22.0. The van der Waals surface area contributed by atoms with Crippen LogP contribution in [0, 0.1) is 0 Å². The summed E-state index contributed by atoms with van der Waals surface area (Å²) >= 11 is 11.9. The smallest absolute Gasteiger partial charge is 0.368 e. The summed E-state index contributed by atoms with van der Waals surface area (Å²) < 4.78 is 72.2. The van der Waals surface area contributed by atoms with Gasteiger partial charge in [0.05, 0.1) is 23.2 Å². The Labute approximate surface area is 224 Å². The normalized spacial score (nSPS) is 16.6. The first-order valence-electron chi connectivity index (χ1n) is 11.5. The van der Waals surface area contributed by atoms with Crippen LogP contribution in [-0.4, -0.2) is 50.3 Å². The van der Waals surface area contributed by atoms with Crippen LogP contribution in [0.1, 0.15) is 22.8 Å². The van der Waals surface area contributed by atoms with Gasteiger partial charge in [0.25, 0.3) is 0 Å². The van der Waals surface area contributed by atoms with Gasteiger partial charge in [0.1, 0.15) is 0 Å². The molecule has 3 aromatic carbocycles. The molecule has 1 heterocycles. The van der Waals surface area contributed by atoms with Crippen LogP contribution in [0.2, 0.25) is 10.0 Å².